The van der Waals surface area contributed by atoms with Crippen molar-refractivity contribution in [2.24, 2.45) is 0 Å². The van der Waals surface area contributed by atoms with Gasteiger partial charge in [-0.2, -0.15) is 0 Å². The number of rotatable bonds is 1. The molecule has 1 rings (SSSR count). The van der Waals surface area contributed by atoms with Crippen molar-refractivity contribution in [2.45, 2.75) is 6.92 Å². The van der Waals surface area contributed by atoms with Crippen molar-refractivity contribution in [3.8, 4) is 0 Å². The molecule has 0 N–H and O–H groups in total. The van der Waals surface area contributed by atoms with Gasteiger partial charge in [0.2, 0.25) is 0 Å². The van der Waals surface area contributed by atoms with Gasteiger partial charge in [-0.05, 0) is 81.4 Å². The Balaban J connectivity index is 3.37. The highest BCUT2D eigenvalue weighted by molar-refractivity contribution is 14.1. The van der Waals surface area contributed by atoms with Crippen LogP contribution in [-0.4, -0.2) is 5.24 Å². The van der Waals surface area contributed by atoms with Gasteiger partial charge in [0.25, 0.3) is 5.24 Å². The molecule has 0 saturated carbocycles. The molecule has 0 amide bonds. The molecule has 0 saturated heterocycles. The van der Waals surface area contributed by atoms with Crippen LogP contribution in [0.25, 0.3) is 0 Å². The van der Waals surface area contributed by atoms with Crippen LogP contribution in [0.3, 0.4) is 0 Å². The Morgan fingerprint density at radius 1 is 1.42 bits per heavy atom. The summed E-state index contributed by atoms with van der Waals surface area (Å²) >= 11 is 9.72. The first-order chi connectivity index (χ1) is 5.52. The minimum Gasteiger partial charge on any atom is -0.276 e. The normalized spacial score (nSPS) is 10.0. The molecule has 0 heterocycles. The fourth-order valence-electron chi connectivity index (χ4n) is 0.868. The summed E-state index contributed by atoms with van der Waals surface area (Å²) in [5.74, 6) is 0. The van der Waals surface area contributed by atoms with Crippen LogP contribution in [0.15, 0.2) is 12.1 Å². The van der Waals surface area contributed by atoms with Crippen molar-refractivity contribution in [1.29, 1.82) is 0 Å². The summed E-state index contributed by atoms with van der Waals surface area (Å²) in [6.45, 7) is 1.95. The van der Waals surface area contributed by atoms with E-state index < -0.39 is 0 Å². The van der Waals surface area contributed by atoms with Crippen molar-refractivity contribution in [1.82, 2.24) is 0 Å². The van der Waals surface area contributed by atoms with E-state index in [0.29, 0.717) is 5.56 Å². The predicted molar refractivity (Wildman–Crippen MR) is 66.8 cm³/mol. The summed E-state index contributed by atoms with van der Waals surface area (Å²) in [7, 11) is 0. The molecule has 0 unspecified atom stereocenters. The number of aryl methyl sites for hydroxylation is 1. The minimum absolute atomic E-state index is 0.388. The van der Waals surface area contributed by atoms with Gasteiger partial charge in [0.1, 0.15) is 0 Å². The van der Waals surface area contributed by atoms with Gasteiger partial charge in [-0.25, -0.2) is 0 Å². The first kappa shape index (κ1) is 10.7. The van der Waals surface area contributed by atoms with Gasteiger partial charge in [-0.3, -0.25) is 4.79 Å². The lowest BCUT2D eigenvalue weighted by molar-refractivity contribution is 0.108. The first-order valence-electron chi connectivity index (χ1n) is 3.18. The van der Waals surface area contributed by atoms with E-state index in [2.05, 4.69) is 45.2 Å². The maximum atomic E-state index is 10.9. The summed E-state index contributed by atoms with van der Waals surface area (Å²) in [6, 6.07) is 3.82. The van der Waals surface area contributed by atoms with Crippen molar-refractivity contribution in [3.05, 3.63) is 30.4 Å². The van der Waals surface area contributed by atoms with Gasteiger partial charge in [0.05, 0.1) is 0 Å². The van der Waals surface area contributed by atoms with Crippen LogP contribution in [0.4, 0.5) is 0 Å². The second kappa shape index (κ2) is 4.23. The summed E-state index contributed by atoms with van der Waals surface area (Å²) in [5, 5.41) is -0.388. The molecule has 1 nitrogen and oxygen atoms in total. The molecule has 4 heteroatoms. The zero-order valence-electron chi connectivity index (χ0n) is 6.20. The maximum absolute atomic E-state index is 10.9. The molecule has 0 aliphatic heterocycles. The third-order valence-corrected chi connectivity index (χ3v) is 4.63. The van der Waals surface area contributed by atoms with Gasteiger partial charge in [0, 0.05) is 12.7 Å². The van der Waals surface area contributed by atoms with Crippen molar-refractivity contribution in [3.63, 3.8) is 0 Å². The van der Waals surface area contributed by atoms with Gasteiger partial charge in [0.15, 0.2) is 0 Å². The van der Waals surface area contributed by atoms with Crippen LogP contribution in [0.2, 0.25) is 0 Å². The molecule has 64 valence electrons. The van der Waals surface area contributed by atoms with E-state index in [1.807, 2.05) is 13.0 Å². The van der Waals surface area contributed by atoms with Crippen molar-refractivity contribution < 1.29 is 4.79 Å². The van der Waals surface area contributed by atoms with Gasteiger partial charge in [-0.15, -0.1) is 0 Å². The van der Waals surface area contributed by atoms with Gasteiger partial charge >= 0.3 is 0 Å². The van der Waals surface area contributed by atoms with Crippen molar-refractivity contribution >= 4 is 62.0 Å². The molecule has 1 aromatic rings. The number of halogens is 3. The smallest absolute Gasteiger partial charge is 0.253 e. The van der Waals surface area contributed by atoms with E-state index in [4.69, 9.17) is 11.6 Å². The largest absolute Gasteiger partial charge is 0.276 e. The molecule has 0 bridgehead atoms. The minimum atomic E-state index is -0.388. The molecule has 0 aliphatic rings. The molecule has 0 radical (unpaired) electrons. The van der Waals surface area contributed by atoms with Gasteiger partial charge < -0.3 is 0 Å². The lowest BCUT2D eigenvalue weighted by Crippen LogP contribution is -1.96. The first-order valence-corrected chi connectivity index (χ1v) is 5.71. The van der Waals surface area contributed by atoms with E-state index in [9.17, 15) is 4.79 Å². The summed E-state index contributed by atoms with van der Waals surface area (Å²) in [5.41, 5.74) is 1.66. The molecule has 1 aromatic carbocycles. The van der Waals surface area contributed by atoms with E-state index in [0.717, 1.165) is 12.7 Å². The average molecular weight is 406 g/mol. The van der Waals surface area contributed by atoms with Crippen LogP contribution in [0.1, 0.15) is 15.9 Å². The Hall–Kier alpha value is 0.640. The molecule has 0 atom stereocenters. The Labute approximate surface area is 103 Å². The number of carbonyl (C=O) groups excluding carboxylic acids is 1. The monoisotopic (exact) mass is 406 g/mol. The second-order valence-electron chi connectivity index (χ2n) is 2.38. The van der Waals surface area contributed by atoms with E-state index in [1.54, 1.807) is 6.07 Å². The molecule has 0 aromatic heterocycles. The molecule has 12 heavy (non-hydrogen) atoms. The molecule has 0 aliphatic carbocycles. The highest BCUT2D eigenvalue weighted by Gasteiger charge is 2.10. The highest BCUT2D eigenvalue weighted by Crippen LogP contribution is 2.22. The average Bonchev–Trinajstić information content (AvgIpc) is 1.96. The maximum Gasteiger partial charge on any atom is 0.253 e. The third kappa shape index (κ3) is 2.32. The van der Waals surface area contributed by atoms with Crippen LogP contribution in [0, 0.1) is 14.1 Å². The fraction of sp³-hybridized carbons (Fsp3) is 0.125. The van der Waals surface area contributed by atoms with Gasteiger partial charge in [-0.1, -0.05) is 0 Å². The Morgan fingerprint density at radius 2 is 2.00 bits per heavy atom. The van der Waals surface area contributed by atoms with E-state index in [1.165, 1.54) is 0 Å². The predicted octanol–water partition coefficient (Wildman–Crippen LogP) is 3.58. The zero-order valence-corrected chi connectivity index (χ0v) is 11.3. The number of hydrogen-bond donors (Lipinski definition) is 0. The molecular weight excluding hydrogens is 401 g/mol. The fourth-order valence-corrected chi connectivity index (χ4v) is 2.51. The number of carbonyl (C=O) groups is 1. The SMILES string of the molecule is Cc1cc(I)c(I)c(C(=O)Cl)c1. The van der Waals surface area contributed by atoms with E-state index in [-0.39, 0.29) is 5.24 Å². The Morgan fingerprint density at radius 3 is 2.50 bits per heavy atom. The zero-order chi connectivity index (χ0) is 9.30. The van der Waals surface area contributed by atoms with Crippen LogP contribution in [0.5, 0.6) is 0 Å². The Kier molecular flexibility index (Phi) is 3.78. The van der Waals surface area contributed by atoms with Crippen molar-refractivity contribution in [2.75, 3.05) is 0 Å². The summed E-state index contributed by atoms with van der Waals surface area (Å²) in [4.78, 5) is 10.9. The lowest BCUT2D eigenvalue weighted by Gasteiger charge is -2.03. The quantitative estimate of drug-likeness (QED) is 0.515. The standard InChI is InChI=1S/C8H5ClI2O/c1-4-2-5(8(9)12)7(11)6(10)3-4/h2-3H,1H3. The Bertz CT molecular complexity index is 336. The molecule has 0 spiro atoms. The van der Waals surface area contributed by atoms with Crippen LogP contribution in [-0.2, 0) is 0 Å². The number of hydrogen-bond acceptors (Lipinski definition) is 1. The topological polar surface area (TPSA) is 17.1 Å². The van der Waals surface area contributed by atoms with E-state index >= 15 is 0 Å². The molecule has 0 fully saturated rings. The highest BCUT2D eigenvalue weighted by atomic mass is 127. The third-order valence-electron chi connectivity index (χ3n) is 1.38. The summed E-state index contributed by atoms with van der Waals surface area (Å²) in [6.07, 6.45) is 0. The summed E-state index contributed by atoms with van der Waals surface area (Å²) < 4.78 is 2.00. The van der Waals surface area contributed by atoms with Crippen LogP contribution < -0.4 is 0 Å². The molecular formula is C8H5ClI2O. The second-order valence-corrected chi connectivity index (χ2v) is 4.97. The van der Waals surface area contributed by atoms with Crippen LogP contribution >= 0.6 is 56.8 Å². The lowest BCUT2D eigenvalue weighted by atomic mass is 10.2. The number of benzene rings is 1.